The van der Waals surface area contributed by atoms with E-state index in [1.807, 2.05) is 38.1 Å². The topological polar surface area (TPSA) is 102 Å². The van der Waals surface area contributed by atoms with Crippen molar-refractivity contribution in [3.8, 4) is 5.75 Å². The number of aromatic nitrogens is 3. The van der Waals surface area contributed by atoms with E-state index >= 15 is 4.39 Å². The summed E-state index contributed by atoms with van der Waals surface area (Å²) in [5.74, 6) is -0.427. The van der Waals surface area contributed by atoms with E-state index in [1.165, 1.54) is 18.6 Å². The van der Waals surface area contributed by atoms with Crippen LogP contribution in [0.4, 0.5) is 20.3 Å². The van der Waals surface area contributed by atoms with E-state index in [1.54, 1.807) is 19.3 Å². The summed E-state index contributed by atoms with van der Waals surface area (Å²) >= 11 is 0. The van der Waals surface area contributed by atoms with Gasteiger partial charge < -0.3 is 20.7 Å². The number of nitrogens with zero attached hydrogens (tertiary/aromatic N) is 5. The minimum absolute atomic E-state index is 0.0632. The average molecular weight is 492 g/mol. The molecule has 0 aliphatic heterocycles. The van der Waals surface area contributed by atoms with Crippen molar-refractivity contribution in [2.45, 2.75) is 13.0 Å². The molecular weight excluding hydrogens is 464 g/mol. The van der Waals surface area contributed by atoms with Gasteiger partial charge in [-0.1, -0.05) is 0 Å². The molecule has 2 aromatic carbocycles. The fourth-order valence-electron chi connectivity index (χ4n) is 3.99. The van der Waals surface area contributed by atoms with Crippen LogP contribution in [-0.2, 0) is 0 Å². The van der Waals surface area contributed by atoms with Crippen LogP contribution in [0.2, 0.25) is 0 Å². The fraction of sp³-hybridized carbons (Fsp3) is 0.231. The fourth-order valence-corrected chi connectivity index (χ4v) is 3.99. The van der Waals surface area contributed by atoms with E-state index in [0.29, 0.717) is 40.1 Å². The van der Waals surface area contributed by atoms with Gasteiger partial charge in [-0.3, -0.25) is 9.98 Å². The average Bonchev–Trinajstić information content (AvgIpc) is 2.84. The predicted octanol–water partition coefficient (Wildman–Crippen LogP) is 4.53. The summed E-state index contributed by atoms with van der Waals surface area (Å²) in [7, 11) is 5.57. The van der Waals surface area contributed by atoms with E-state index in [9.17, 15) is 4.39 Å². The Bertz CT molecular complexity index is 1470. The molecule has 1 atom stereocenters. The standard InChI is InChI=1S/C26H27F2N7O/c1-15(13-35(3)4)36-23-8-16(17(10-29)11-30-2)7-22-24(23)26(33-14-32-22)34-21-6-5-20-19(25(21)28)9-18(27)12-31-20/h5-12,14-15H,13,29H2,1-4H3,(H,32,33,34)/b17-10+,30-11?/t15-/m1/s1. The van der Waals surface area contributed by atoms with E-state index in [0.717, 1.165) is 17.8 Å². The highest BCUT2D eigenvalue weighted by atomic mass is 19.1. The van der Waals surface area contributed by atoms with Crippen LogP contribution in [0.15, 0.2) is 54.0 Å². The molecule has 2 heterocycles. The van der Waals surface area contributed by atoms with Crippen molar-refractivity contribution >= 4 is 45.1 Å². The minimum Gasteiger partial charge on any atom is -0.489 e. The van der Waals surface area contributed by atoms with Gasteiger partial charge in [-0.25, -0.2) is 18.7 Å². The number of nitrogens with two attached hydrogens (primary N) is 1. The Kier molecular flexibility index (Phi) is 7.35. The lowest BCUT2D eigenvalue weighted by molar-refractivity contribution is 0.179. The molecule has 3 N–H and O–H groups in total. The number of aliphatic imine (C=N–C) groups is 1. The number of ether oxygens (including phenoxy) is 1. The molecule has 0 aliphatic rings. The molecule has 0 spiro atoms. The molecule has 0 amide bonds. The SMILES string of the molecule is CN=C/C(=C\N)c1cc(O[C@H](C)CN(C)C)c2c(Nc3ccc4ncc(F)cc4c3F)ncnc2c1. The summed E-state index contributed by atoms with van der Waals surface area (Å²) in [5.41, 5.74) is 8.31. The zero-order chi connectivity index (χ0) is 25.8. The molecule has 0 fully saturated rings. The zero-order valence-electron chi connectivity index (χ0n) is 20.5. The number of nitrogens with one attached hydrogen (secondary N) is 1. The smallest absolute Gasteiger partial charge is 0.156 e. The van der Waals surface area contributed by atoms with Gasteiger partial charge in [0.25, 0.3) is 0 Å². The molecule has 8 nitrogen and oxygen atoms in total. The number of hydrogen-bond acceptors (Lipinski definition) is 8. The summed E-state index contributed by atoms with van der Waals surface area (Å²) in [5, 5.41) is 3.66. The van der Waals surface area contributed by atoms with Crippen molar-refractivity contribution in [3.63, 3.8) is 0 Å². The first-order chi connectivity index (χ1) is 17.3. The molecule has 2 aromatic heterocycles. The lowest BCUT2D eigenvalue weighted by Gasteiger charge is -2.21. The third kappa shape index (κ3) is 5.23. The number of hydrogen-bond donors (Lipinski definition) is 2. The highest BCUT2D eigenvalue weighted by Crippen LogP contribution is 2.36. The van der Waals surface area contributed by atoms with Crippen LogP contribution in [-0.4, -0.2) is 59.9 Å². The second-order valence-corrected chi connectivity index (χ2v) is 8.56. The molecule has 0 aliphatic carbocycles. The maximum atomic E-state index is 15.3. The molecule has 0 saturated heterocycles. The van der Waals surface area contributed by atoms with Gasteiger partial charge in [-0.2, -0.15) is 0 Å². The monoisotopic (exact) mass is 491 g/mol. The molecule has 36 heavy (non-hydrogen) atoms. The van der Waals surface area contributed by atoms with E-state index < -0.39 is 11.6 Å². The molecule has 0 unspecified atom stereocenters. The van der Waals surface area contributed by atoms with Crippen LogP contribution in [0.3, 0.4) is 0 Å². The van der Waals surface area contributed by atoms with Gasteiger partial charge in [0, 0.05) is 37.0 Å². The van der Waals surface area contributed by atoms with Crippen molar-refractivity contribution in [2.24, 2.45) is 10.7 Å². The Morgan fingerprint density at radius 2 is 1.97 bits per heavy atom. The first-order valence-electron chi connectivity index (χ1n) is 11.3. The van der Waals surface area contributed by atoms with Gasteiger partial charge in [0.05, 0.1) is 28.3 Å². The number of allylic oxidation sites excluding steroid dienone is 1. The summed E-state index contributed by atoms with van der Waals surface area (Å²) in [6.07, 6.45) is 5.35. The van der Waals surface area contributed by atoms with Crippen molar-refractivity contribution in [1.82, 2.24) is 19.9 Å². The Morgan fingerprint density at radius 1 is 1.17 bits per heavy atom. The minimum atomic E-state index is -0.640. The molecule has 0 saturated carbocycles. The van der Waals surface area contributed by atoms with Crippen LogP contribution < -0.4 is 15.8 Å². The quantitative estimate of drug-likeness (QED) is 0.349. The normalized spacial score (nSPS) is 13.1. The van der Waals surface area contributed by atoms with Gasteiger partial charge in [0.15, 0.2) is 5.82 Å². The molecule has 186 valence electrons. The van der Waals surface area contributed by atoms with Gasteiger partial charge >= 0.3 is 0 Å². The van der Waals surface area contributed by atoms with Crippen molar-refractivity contribution in [2.75, 3.05) is 33.0 Å². The van der Waals surface area contributed by atoms with Gasteiger partial charge in [0.2, 0.25) is 0 Å². The molecule has 0 bridgehead atoms. The lowest BCUT2D eigenvalue weighted by Crippen LogP contribution is -2.28. The van der Waals surface area contributed by atoms with Crippen molar-refractivity contribution in [1.29, 1.82) is 0 Å². The summed E-state index contributed by atoms with van der Waals surface area (Å²) in [6, 6.07) is 7.93. The van der Waals surface area contributed by atoms with Crippen LogP contribution in [0, 0.1) is 11.6 Å². The maximum absolute atomic E-state index is 15.3. The first kappa shape index (κ1) is 24.9. The molecule has 0 radical (unpaired) electrons. The van der Waals surface area contributed by atoms with Crippen LogP contribution in [0.1, 0.15) is 12.5 Å². The highest BCUT2D eigenvalue weighted by molar-refractivity contribution is 6.11. The molecular formula is C26H27F2N7O. The van der Waals surface area contributed by atoms with Crippen LogP contribution in [0.25, 0.3) is 27.4 Å². The third-order valence-corrected chi connectivity index (χ3v) is 5.45. The first-order valence-corrected chi connectivity index (χ1v) is 11.3. The molecule has 4 aromatic rings. The number of fused-ring (bicyclic) bond motifs is 2. The number of anilines is 2. The van der Waals surface area contributed by atoms with Crippen molar-refractivity contribution < 1.29 is 13.5 Å². The Hall–Kier alpha value is -4.18. The van der Waals surface area contributed by atoms with E-state index in [-0.39, 0.29) is 17.2 Å². The number of rotatable bonds is 8. The van der Waals surface area contributed by atoms with E-state index in [4.69, 9.17) is 10.5 Å². The van der Waals surface area contributed by atoms with Gasteiger partial charge in [0.1, 0.15) is 29.8 Å². The van der Waals surface area contributed by atoms with Crippen LogP contribution in [0.5, 0.6) is 5.75 Å². The molecule has 10 heteroatoms. The summed E-state index contributed by atoms with van der Waals surface area (Å²) in [6.45, 7) is 2.61. The number of likely N-dealkylation sites (N-methyl/N-ethyl adjacent to an activating group) is 1. The third-order valence-electron chi connectivity index (χ3n) is 5.45. The molecule has 4 rings (SSSR count). The van der Waals surface area contributed by atoms with Gasteiger partial charge in [-0.05, 0) is 56.9 Å². The Morgan fingerprint density at radius 3 is 2.69 bits per heavy atom. The summed E-state index contributed by atoms with van der Waals surface area (Å²) in [4.78, 5) is 18.8. The van der Waals surface area contributed by atoms with E-state index in [2.05, 4.69) is 25.3 Å². The maximum Gasteiger partial charge on any atom is 0.156 e. The number of benzene rings is 2. The lowest BCUT2D eigenvalue weighted by atomic mass is 10.0. The second kappa shape index (κ2) is 10.6. The van der Waals surface area contributed by atoms with Crippen LogP contribution >= 0.6 is 0 Å². The Labute approximate surface area is 207 Å². The summed E-state index contributed by atoms with van der Waals surface area (Å²) < 4.78 is 35.3. The zero-order valence-corrected chi connectivity index (χ0v) is 20.5. The number of pyridine rings is 1. The second-order valence-electron chi connectivity index (χ2n) is 8.56. The van der Waals surface area contributed by atoms with Crippen molar-refractivity contribution in [3.05, 3.63) is 66.3 Å². The predicted molar refractivity (Wildman–Crippen MR) is 140 cm³/mol. The largest absolute Gasteiger partial charge is 0.489 e. The number of halogens is 2. The van der Waals surface area contributed by atoms with Gasteiger partial charge in [-0.15, -0.1) is 0 Å². The highest BCUT2D eigenvalue weighted by Gasteiger charge is 2.18. The Balaban J connectivity index is 1.86.